The number of nitrogens with one attached hydrogen (secondary N) is 1. The SMILES string of the molecule is C=C(C)C.C=Cc1cc[nH]c1/N=C\CC.CC. The predicted octanol–water partition coefficient (Wildman–Crippen LogP) is 5.38. The first-order chi connectivity index (χ1) is 8.11. The van der Waals surface area contributed by atoms with E-state index in [1.54, 1.807) is 6.08 Å². The first-order valence-corrected chi connectivity index (χ1v) is 6.06. The number of hydrogen-bond donors (Lipinski definition) is 1. The third-order valence-electron chi connectivity index (χ3n) is 1.38. The topological polar surface area (TPSA) is 28.1 Å². The van der Waals surface area contributed by atoms with Crippen LogP contribution in [0.25, 0.3) is 6.08 Å². The highest BCUT2D eigenvalue weighted by atomic mass is 14.9. The molecule has 0 aliphatic rings. The summed E-state index contributed by atoms with van der Waals surface area (Å²) in [5.74, 6) is 0.891. The van der Waals surface area contributed by atoms with Crippen molar-refractivity contribution < 1.29 is 0 Å². The van der Waals surface area contributed by atoms with Gasteiger partial charge in [0.15, 0.2) is 0 Å². The minimum Gasteiger partial charge on any atom is -0.346 e. The fraction of sp³-hybridized carbons (Fsp3) is 0.400. The van der Waals surface area contributed by atoms with Crippen LogP contribution >= 0.6 is 0 Å². The molecule has 1 aromatic rings. The molecule has 0 aliphatic heterocycles. The molecule has 1 aromatic heterocycles. The van der Waals surface area contributed by atoms with Crippen molar-refractivity contribution in [1.29, 1.82) is 0 Å². The second-order valence-corrected chi connectivity index (χ2v) is 3.41. The van der Waals surface area contributed by atoms with Crippen molar-refractivity contribution in [2.24, 2.45) is 4.99 Å². The molecule has 0 fully saturated rings. The van der Waals surface area contributed by atoms with Crippen LogP contribution in [0.5, 0.6) is 0 Å². The van der Waals surface area contributed by atoms with Crippen molar-refractivity contribution in [2.45, 2.75) is 41.0 Å². The first kappa shape index (κ1) is 17.8. The van der Waals surface area contributed by atoms with Crippen LogP contribution in [0.3, 0.4) is 0 Å². The van der Waals surface area contributed by atoms with E-state index in [4.69, 9.17) is 0 Å². The van der Waals surface area contributed by atoms with Gasteiger partial charge in [0.25, 0.3) is 0 Å². The highest BCUT2D eigenvalue weighted by Gasteiger charge is 1.94. The molecular weight excluding hydrogens is 208 g/mol. The molecule has 0 aromatic carbocycles. The van der Waals surface area contributed by atoms with E-state index in [9.17, 15) is 0 Å². The minimum absolute atomic E-state index is 0.891. The van der Waals surface area contributed by atoms with Crippen LogP contribution in [0.15, 0.2) is 36.0 Å². The zero-order chi connectivity index (χ0) is 13.7. The van der Waals surface area contributed by atoms with Crippen LogP contribution < -0.4 is 0 Å². The molecule has 2 nitrogen and oxygen atoms in total. The normalized spacial score (nSPS) is 8.76. The van der Waals surface area contributed by atoms with Gasteiger partial charge in [-0.3, -0.25) is 0 Å². The van der Waals surface area contributed by atoms with E-state index in [1.807, 2.05) is 46.2 Å². The Morgan fingerprint density at radius 2 is 1.94 bits per heavy atom. The van der Waals surface area contributed by atoms with Gasteiger partial charge < -0.3 is 4.98 Å². The molecule has 0 radical (unpaired) electrons. The average Bonchev–Trinajstić information content (AvgIpc) is 2.75. The van der Waals surface area contributed by atoms with E-state index in [0.29, 0.717) is 0 Å². The van der Waals surface area contributed by atoms with E-state index >= 15 is 0 Å². The molecule has 1 heterocycles. The quantitative estimate of drug-likeness (QED) is 0.537. The van der Waals surface area contributed by atoms with Gasteiger partial charge in [-0.15, -0.1) is 6.58 Å². The van der Waals surface area contributed by atoms with Crippen molar-refractivity contribution in [3.63, 3.8) is 0 Å². The van der Waals surface area contributed by atoms with E-state index in [0.717, 1.165) is 17.8 Å². The monoisotopic (exact) mass is 234 g/mol. The number of nitrogens with zero attached hydrogens (tertiary/aromatic N) is 1. The molecule has 0 aliphatic carbocycles. The number of H-pyrrole nitrogens is 1. The lowest BCUT2D eigenvalue weighted by atomic mass is 10.3. The van der Waals surface area contributed by atoms with Gasteiger partial charge in [-0.25, -0.2) is 4.99 Å². The molecule has 0 unspecified atom stereocenters. The Balaban J connectivity index is 0. The molecule has 0 amide bonds. The third-order valence-corrected chi connectivity index (χ3v) is 1.38. The largest absolute Gasteiger partial charge is 0.346 e. The van der Waals surface area contributed by atoms with E-state index < -0.39 is 0 Å². The Morgan fingerprint density at radius 1 is 1.41 bits per heavy atom. The molecule has 17 heavy (non-hydrogen) atoms. The summed E-state index contributed by atoms with van der Waals surface area (Å²) in [5.41, 5.74) is 2.22. The van der Waals surface area contributed by atoms with E-state index in [1.165, 1.54) is 5.57 Å². The summed E-state index contributed by atoms with van der Waals surface area (Å²) in [6.07, 6.45) is 6.48. The van der Waals surface area contributed by atoms with Crippen molar-refractivity contribution in [2.75, 3.05) is 0 Å². The maximum absolute atomic E-state index is 4.20. The number of hydrogen-bond acceptors (Lipinski definition) is 1. The second-order valence-electron chi connectivity index (χ2n) is 3.41. The number of allylic oxidation sites excluding steroid dienone is 1. The summed E-state index contributed by atoms with van der Waals surface area (Å²) in [6.45, 7) is 17.2. The van der Waals surface area contributed by atoms with Crippen LogP contribution in [0.2, 0.25) is 0 Å². The van der Waals surface area contributed by atoms with Crippen molar-refractivity contribution in [3.8, 4) is 0 Å². The fourth-order valence-corrected chi connectivity index (χ4v) is 0.832. The molecule has 2 heteroatoms. The molecule has 1 rings (SSSR count). The fourth-order valence-electron chi connectivity index (χ4n) is 0.832. The van der Waals surface area contributed by atoms with Crippen LogP contribution in [0, 0.1) is 0 Å². The number of aromatic nitrogens is 1. The lowest BCUT2D eigenvalue weighted by Crippen LogP contribution is -1.70. The predicted molar refractivity (Wildman–Crippen MR) is 81.2 cm³/mol. The first-order valence-electron chi connectivity index (χ1n) is 6.06. The molecule has 0 saturated carbocycles. The van der Waals surface area contributed by atoms with Gasteiger partial charge in [0, 0.05) is 18.0 Å². The highest BCUT2D eigenvalue weighted by molar-refractivity contribution is 5.67. The number of rotatable bonds is 3. The maximum atomic E-state index is 4.20. The van der Waals surface area contributed by atoms with Crippen LogP contribution in [0.1, 0.15) is 46.6 Å². The highest BCUT2D eigenvalue weighted by Crippen LogP contribution is 2.16. The molecule has 0 spiro atoms. The maximum Gasteiger partial charge on any atom is 0.136 e. The summed E-state index contributed by atoms with van der Waals surface area (Å²) in [5, 5.41) is 0. The summed E-state index contributed by atoms with van der Waals surface area (Å²) in [7, 11) is 0. The van der Waals surface area contributed by atoms with Crippen LogP contribution in [0.4, 0.5) is 5.82 Å². The molecule has 0 atom stereocenters. The summed E-state index contributed by atoms with van der Waals surface area (Å²) in [4.78, 5) is 7.23. The minimum atomic E-state index is 0.891. The van der Waals surface area contributed by atoms with Gasteiger partial charge in [0.2, 0.25) is 0 Å². The Bertz CT molecular complexity index is 328. The van der Waals surface area contributed by atoms with Crippen LogP contribution in [-0.4, -0.2) is 11.2 Å². The lowest BCUT2D eigenvalue weighted by molar-refractivity contribution is 1.28. The van der Waals surface area contributed by atoms with Gasteiger partial charge >= 0.3 is 0 Å². The van der Waals surface area contributed by atoms with Gasteiger partial charge in [0.05, 0.1) is 0 Å². The summed E-state index contributed by atoms with van der Waals surface area (Å²) in [6, 6.07) is 1.95. The van der Waals surface area contributed by atoms with Gasteiger partial charge in [-0.05, 0) is 26.3 Å². The van der Waals surface area contributed by atoms with Crippen LogP contribution in [-0.2, 0) is 0 Å². The van der Waals surface area contributed by atoms with Crippen molar-refractivity contribution in [1.82, 2.24) is 4.98 Å². The Morgan fingerprint density at radius 3 is 2.35 bits per heavy atom. The molecular formula is C15H26N2. The molecule has 1 N–H and O–H groups in total. The summed E-state index contributed by atoms with van der Waals surface area (Å²) >= 11 is 0. The third kappa shape index (κ3) is 10.7. The smallest absolute Gasteiger partial charge is 0.136 e. The Labute approximate surface area is 106 Å². The Hall–Kier alpha value is -1.57. The van der Waals surface area contributed by atoms with Crippen molar-refractivity contribution >= 4 is 18.1 Å². The van der Waals surface area contributed by atoms with Gasteiger partial charge in [-0.2, -0.15) is 0 Å². The molecule has 96 valence electrons. The van der Waals surface area contributed by atoms with Crippen molar-refractivity contribution in [3.05, 3.63) is 36.6 Å². The van der Waals surface area contributed by atoms with E-state index in [-0.39, 0.29) is 0 Å². The molecule has 0 bridgehead atoms. The Kier molecular flexibility index (Phi) is 13.1. The lowest BCUT2D eigenvalue weighted by Gasteiger charge is -1.88. The number of aliphatic imine (C=N–C) groups is 1. The standard InChI is InChI=1S/C9H12N2.C4H8.C2H6/c1-3-6-10-9-8(4-2)5-7-11-9;1-4(2)3;1-2/h4-7,11H,2-3H2,1H3;1H2,2-3H3;1-2H3/b10-6-;;. The number of aromatic amines is 1. The van der Waals surface area contributed by atoms with Gasteiger partial charge in [-0.1, -0.05) is 39.0 Å². The zero-order valence-electron chi connectivity index (χ0n) is 11.9. The zero-order valence-corrected chi connectivity index (χ0v) is 11.9. The summed E-state index contributed by atoms with van der Waals surface area (Å²) < 4.78 is 0. The average molecular weight is 234 g/mol. The van der Waals surface area contributed by atoms with E-state index in [2.05, 4.69) is 30.1 Å². The molecule has 0 saturated heterocycles. The second kappa shape index (κ2) is 12.5. The van der Waals surface area contributed by atoms with Gasteiger partial charge in [0.1, 0.15) is 5.82 Å².